The highest BCUT2D eigenvalue weighted by Gasteiger charge is 2.42. The zero-order valence-corrected chi connectivity index (χ0v) is 17.8. The van der Waals surface area contributed by atoms with E-state index in [-0.39, 0.29) is 11.4 Å². The number of anilines is 1. The largest absolute Gasteiger partial charge is 0.330 e. The van der Waals surface area contributed by atoms with Gasteiger partial charge in [-0.1, -0.05) is 18.2 Å². The normalized spacial score (nSPS) is 27.0. The lowest BCUT2D eigenvalue weighted by Crippen LogP contribution is -2.51. The van der Waals surface area contributed by atoms with Crippen LogP contribution >= 0.6 is 0 Å². The van der Waals surface area contributed by atoms with Gasteiger partial charge >= 0.3 is 6.03 Å². The van der Waals surface area contributed by atoms with E-state index in [9.17, 15) is 4.79 Å². The summed E-state index contributed by atoms with van der Waals surface area (Å²) in [5.41, 5.74) is 2.77. The fourth-order valence-electron chi connectivity index (χ4n) is 5.49. The molecule has 2 amide bonds. The average Bonchev–Trinajstić information content (AvgIpc) is 3.13. The van der Waals surface area contributed by atoms with Crippen molar-refractivity contribution < 1.29 is 4.79 Å². The minimum atomic E-state index is 0.0954. The third-order valence-corrected chi connectivity index (χ3v) is 7.27. The van der Waals surface area contributed by atoms with E-state index in [0.717, 1.165) is 18.7 Å². The number of carbonyl (C=O) groups excluding carboxylic acids is 1. The van der Waals surface area contributed by atoms with E-state index in [1.807, 2.05) is 19.0 Å². The first-order valence-electron chi connectivity index (χ1n) is 11.1. The van der Waals surface area contributed by atoms with Crippen LogP contribution in [-0.4, -0.2) is 68.2 Å². The molecule has 2 atom stereocenters. The summed E-state index contributed by atoms with van der Waals surface area (Å²) in [4.78, 5) is 19.0. The zero-order valence-electron chi connectivity index (χ0n) is 17.8. The molecule has 1 spiro atoms. The summed E-state index contributed by atoms with van der Waals surface area (Å²) in [6, 6.07) is 10.1. The average molecular weight is 385 g/mol. The van der Waals surface area contributed by atoms with Crippen molar-refractivity contribution in [2.45, 2.75) is 62.9 Å². The summed E-state index contributed by atoms with van der Waals surface area (Å²) in [5, 5.41) is 3.72. The Balaban J connectivity index is 1.41. The highest BCUT2D eigenvalue weighted by molar-refractivity contribution is 5.93. The first-order valence-corrected chi connectivity index (χ1v) is 11.1. The second kappa shape index (κ2) is 8.03. The third kappa shape index (κ3) is 3.79. The number of amides is 2. The van der Waals surface area contributed by atoms with Gasteiger partial charge in [-0.3, -0.25) is 4.90 Å². The summed E-state index contributed by atoms with van der Waals surface area (Å²) in [5.74, 6) is 0. The molecule has 154 valence electrons. The van der Waals surface area contributed by atoms with Gasteiger partial charge in [-0.05, 0) is 76.7 Å². The number of rotatable bonds is 3. The Kier molecular flexibility index (Phi) is 5.66. The summed E-state index contributed by atoms with van der Waals surface area (Å²) in [6.45, 7) is 6.71. The van der Waals surface area contributed by atoms with Crippen molar-refractivity contribution in [3.8, 4) is 0 Å². The highest BCUT2D eigenvalue weighted by atomic mass is 16.2. The molecule has 3 aliphatic rings. The minimum absolute atomic E-state index is 0.0954. The number of piperidine rings is 1. The standard InChI is InChI=1S/C23H36N4O/c1-18-8-9-19(24-18)10-14-26-15-11-23(12-16-26)13-17-27(22(28)25(2)3)21-7-5-4-6-20(21)23/h4-7,18-19,24H,8-17H2,1-3H3. The number of para-hydroxylation sites is 1. The molecule has 5 nitrogen and oxygen atoms in total. The van der Waals surface area contributed by atoms with Crippen molar-refractivity contribution in [3.05, 3.63) is 29.8 Å². The maximum Gasteiger partial charge on any atom is 0.323 e. The first kappa shape index (κ1) is 19.7. The smallest absolute Gasteiger partial charge is 0.323 e. The van der Waals surface area contributed by atoms with E-state index in [1.54, 1.807) is 4.90 Å². The topological polar surface area (TPSA) is 38.8 Å². The molecule has 2 fully saturated rings. The molecule has 2 unspecified atom stereocenters. The van der Waals surface area contributed by atoms with Crippen LogP contribution in [0, 0.1) is 0 Å². The van der Waals surface area contributed by atoms with Gasteiger partial charge in [-0.15, -0.1) is 0 Å². The fourth-order valence-corrected chi connectivity index (χ4v) is 5.49. The summed E-state index contributed by atoms with van der Waals surface area (Å²) < 4.78 is 0. The molecule has 1 aromatic rings. The van der Waals surface area contributed by atoms with Gasteiger partial charge in [0.1, 0.15) is 0 Å². The minimum Gasteiger partial charge on any atom is -0.330 e. The lowest BCUT2D eigenvalue weighted by Gasteiger charge is -2.48. The first-order chi connectivity index (χ1) is 13.5. The molecule has 3 aliphatic heterocycles. The maximum absolute atomic E-state index is 12.7. The Hall–Kier alpha value is -1.59. The molecule has 0 saturated carbocycles. The van der Waals surface area contributed by atoms with Crippen LogP contribution in [0.25, 0.3) is 0 Å². The number of urea groups is 1. The second-order valence-corrected chi connectivity index (χ2v) is 9.35. The van der Waals surface area contributed by atoms with Gasteiger partial charge in [0.15, 0.2) is 0 Å². The molecule has 5 heteroatoms. The predicted octanol–water partition coefficient (Wildman–Crippen LogP) is 3.44. The number of likely N-dealkylation sites (tertiary alicyclic amines) is 1. The van der Waals surface area contributed by atoms with Crippen LogP contribution in [0.3, 0.4) is 0 Å². The third-order valence-electron chi connectivity index (χ3n) is 7.27. The summed E-state index contributed by atoms with van der Waals surface area (Å²) in [7, 11) is 3.68. The Bertz CT molecular complexity index is 696. The predicted molar refractivity (Wildman–Crippen MR) is 115 cm³/mol. The molecule has 2 saturated heterocycles. The number of hydrogen-bond acceptors (Lipinski definition) is 3. The van der Waals surface area contributed by atoms with Gasteiger partial charge < -0.3 is 15.1 Å². The van der Waals surface area contributed by atoms with Gasteiger partial charge in [0.05, 0.1) is 0 Å². The van der Waals surface area contributed by atoms with E-state index in [0.29, 0.717) is 12.1 Å². The number of nitrogens with zero attached hydrogens (tertiary/aromatic N) is 3. The number of fused-ring (bicyclic) bond motifs is 2. The quantitative estimate of drug-likeness (QED) is 0.868. The van der Waals surface area contributed by atoms with Crippen molar-refractivity contribution in [2.24, 2.45) is 0 Å². The van der Waals surface area contributed by atoms with Crippen LogP contribution in [-0.2, 0) is 5.41 Å². The van der Waals surface area contributed by atoms with Crippen LogP contribution in [0.5, 0.6) is 0 Å². The van der Waals surface area contributed by atoms with Crippen molar-refractivity contribution in [1.82, 2.24) is 15.1 Å². The van der Waals surface area contributed by atoms with E-state index >= 15 is 0 Å². The Morgan fingerprint density at radius 1 is 1.14 bits per heavy atom. The molecule has 1 N–H and O–H groups in total. The molecule has 0 aliphatic carbocycles. The molecule has 0 aromatic heterocycles. The van der Waals surface area contributed by atoms with Crippen LogP contribution in [0.1, 0.15) is 51.0 Å². The SMILES string of the molecule is CC1CCC(CCN2CCC3(CC2)CCN(C(=O)N(C)C)c2ccccc23)N1. The Morgan fingerprint density at radius 2 is 1.86 bits per heavy atom. The zero-order chi connectivity index (χ0) is 19.7. The van der Waals surface area contributed by atoms with Crippen LogP contribution < -0.4 is 10.2 Å². The van der Waals surface area contributed by atoms with Gasteiger partial charge in [0.25, 0.3) is 0 Å². The van der Waals surface area contributed by atoms with Gasteiger partial charge in [0.2, 0.25) is 0 Å². The molecular formula is C23H36N4O. The van der Waals surface area contributed by atoms with E-state index in [4.69, 9.17) is 0 Å². The molecule has 0 bridgehead atoms. The Labute approximate surface area is 170 Å². The van der Waals surface area contributed by atoms with Gasteiger partial charge in [-0.25, -0.2) is 4.79 Å². The van der Waals surface area contributed by atoms with Crippen molar-refractivity contribution in [2.75, 3.05) is 45.2 Å². The van der Waals surface area contributed by atoms with E-state index < -0.39 is 0 Å². The molecule has 3 heterocycles. The number of nitrogens with one attached hydrogen (secondary N) is 1. The molecule has 1 aromatic carbocycles. The molecule has 28 heavy (non-hydrogen) atoms. The second-order valence-electron chi connectivity index (χ2n) is 9.35. The van der Waals surface area contributed by atoms with Crippen molar-refractivity contribution in [1.29, 1.82) is 0 Å². The van der Waals surface area contributed by atoms with Gasteiger partial charge in [0, 0.05) is 43.8 Å². The number of benzene rings is 1. The van der Waals surface area contributed by atoms with Crippen LogP contribution in [0.4, 0.5) is 10.5 Å². The highest BCUT2D eigenvalue weighted by Crippen LogP contribution is 2.46. The fraction of sp³-hybridized carbons (Fsp3) is 0.696. The van der Waals surface area contributed by atoms with Crippen LogP contribution in [0.15, 0.2) is 24.3 Å². The van der Waals surface area contributed by atoms with Gasteiger partial charge in [-0.2, -0.15) is 0 Å². The molecule has 4 rings (SSSR count). The number of hydrogen-bond donors (Lipinski definition) is 1. The molecular weight excluding hydrogens is 348 g/mol. The van der Waals surface area contributed by atoms with E-state index in [1.165, 1.54) is 57.3 Å². The number of carbonyl (C=O) groups is 1. The lowest BCUT2D eigenvalue weighted by molar-refractivity contribution is 0.144. The molecule has 0 radical (unpaired) electrons. The monoisotopic (exact) mass is 384 g/mol. The van der Waals surface area contributed by atoms with E-state index in [2.05, 4.69) is 41.4 Å². The Morgan fingerprint density at radius 3 is 2.54 bits per heavy atom. The summed E-state index contributed by atoms with van der Waals surface area (Å²) >= 11 is 0. The van der Waals surface area contributed by atoms with Crippen molar-refractivity contribution >= 4 is 11.7 Å². The maximum atomic E-state index is 12.7. The lowest BCUT2D eigenvalue weighted by atomic mass is 9.68. The summed E-state index contributed by atoms with van der Waals surface area (Å²) in [6.07, 6.45) is 7.44. The van der Waals surface area contributed by atoms with Crippen LogP contribution in [0.2, 0.25) is 0 Å². The van der Waals surface area contributed by atoms with Crippen molar-refractivity contribution in [3.63, 3.8) is 0 Å².